The second-order valence-corrected chi connectivity index (χ2v) is 8.08. The Kier molecular flexibility index (Phi) is 6.06. The van der Waals surface area contributed by atoms with E-state index in [-0.39, 0.29) is 11.8 Å². The summed E-state index contributed by atoms with van der Waals surface area (Å²) >= 11 is 0. The molecule has 0 N–H and O–H groups in total. The molecule has 166 valence electrons. The molecule has 1 aromatic carbocycles. The highest BCUT2D eigenvalue weighted by Crippen LogP contribution is 2.26. The molecule has 8 nitrogen and oxygen atoms in total. The van der Waals surface area contributed by atoms with E-state index in [1.807, 2.05) is 72.9 Å². The van der Waals surface area contributed by atoms with E-state index in [9.17, 15) is 4.79 Å². The Labute approximate surface area is 192 Å². The number of amides is 1. The molecule has 0 aliphatic carbocycles. The van der Waals surface area contributed by atoms with E-state index >= 15 is 0 Å². The summed E-state index contributed by atoms with van der Waals surface area (Å²) in [7, 11) is 0. The van der Waals surface area contributed by atoms with Crippen molar-refractivity contribution in [2.75, 3.05) is 22.9 Å². The van der Waals surface area contributed by atoms with Gasteiger partial charge in [0, 0.05) is 31.7 Å². The lowest BCUT2D eigenvalue weighted by atomic mass is 9.96. The van der Waals surface area contributed by atoms with Gasteiger partial charge >= 0.3 is 0 Å². The first kappa shape index (κ1) is 20.8. The van der Waals surface area contributed by atoms with E-state index in [2.05, 4.69) is 25.2 Å². The highest BCUT2D eigenvalue weighted by atomic mass is 16.2. The van der Waals surface area contributed by atoms with E-state index in [4.69, 9.17) is 0 Å². The fraction of sp³-hybridized carbons (Fsp3) is 0.240. The van der Waals surface area contributed by atoms with Gasteiger partial charge in [-0.05, 0) is 48.7 Å². The van der Waals surface area contributed by atoms with Crippen LogP contribution in [-0.4, -0.2) is 44.0 Å². The van der Waals surface area contributed by atoms with Gasteiger partial charge in [-0.15, -0.1) is 10.2 Å². The molecule has 33 heavy (non-hydrogen) atoms. The predicted molar refractivity (Wildman–Crippen MR) is 126 cm³/mol. The maximum atomic E-state index is 13.7. The molecule has 1 amide bonds. The molecule has 0 radical (unpaired) electrons. The van der Waals surface area contributed by atoms with Crippen molar-refractivity contribution in [2.24, 2.45) is 5.92 Å². The number of aromatic nitrogens is 5. The number of nitrogens with zero attached hydrogens (tertiary/aromatic N) is 7. The lowest BCUT2D eigenvalue weighted by Gasteiger charge is -2.35. The Morgan fingerprint density at radius 1 is 0.939 bits per heavy atom. The van der Waals surface area contributed by atoms with E-state index in [0.29, 0.717) is 24.7 Å². The molecule has 8 heteroatoms. The van der Waals surface area contributed by atoms with Crippen LogP contribution in [-0.2, 0) is 11.3 Å². The molecule has 4 heterocycles. The molecular weight excluding hydrogens is 414 g/mol. The van der Waals surface area contributed by atoms with E-state index < -0.39 is 0 Å². The van der Waals surface area contributed by atoms with Crippen LogP contribution in [0.2, 0.25) is 0 Å². The standard InChI is InChI=1S/C25H25N7O/c33-25(31(22-11-4-5-14-26-22)18-20-8-2-1-3-9-20)21-10-6-16-30(19-21)23-12-13-24(29-28-23)32-17-7-15-27-32/h1-5,7-9,11-15,17,21H,6,10,16,18-19H2. The zero-order valence-corrected chi connectivity index (χ0v) is 18.2. The summed E-state index contributed by atoms with van der Waals surface area (Å²) < 4.78 is 1.67. The number of pyridine rings is 1. The molecule has 3 aromatic heterocycles. The summed E-state index contributed by atoms with van der Waals surface area (Å²) in [4.78, 5) is 22.1. The van der Waals surface area contributed by atoms with Gasteiger partial charge in [-0.25, -0.2) is 9.67 Å². The number of hydrogen-bond donors (Lipinski definition) is 0. The van der Waals surface area contributed by atoms with Gasteiger partial charge in [0.05, 0.1) is 12.5 Å². The normalized spacial score (nSPS) is 15.9. The minimum absolute atomic E-state index is 0.0865. The molecule has 4 aromatic rings. The van der Waals surface area contributed by atoms with Gasteiger partial charge in [-0.3, -0.25) is 9.69 Å². The number of carbonyl (C=O) groups is 1. The van der Waals surface area contributed by atoms with Gasteiger partial charge in [0.15, 0.2) is 11.6 Å². The summed E-state index contributed by atoms with van der Waals surface area (Å²) in [5.41, 5.74) is 1.07. The van der Waals surface area contributed by atoms with Crippen LogP contribution >= 0.6 is 0 Å². The third-order valence-corrected chi connectivity index (χ3v) is 5.85. The van der Waals surface area contributed by atoms with Gasteiger partial charge in [0.25, 0.3) is 0 Å². The van der Waals surface area contributed by atoms with Crippen LogP contribution in [0.25, 0.3) is 5.82 Å². The monoisotopic (exact) mass is 439 g/mol. The smallest absolute Gasteiger partial charge is 0.233 e. The molecule has 1 atom stereocenters. The summed E-state index contributed by atoms with van der Waals surface area (Å²) in [6.45, 7) is 1.94. The van der Waals surface area contributed by atoms with E-state index in [1.54, 1.807) is 22.0 Å². The molecule has 1 aliphatic rings. The quantitative estimate of drug-likeness (QED) is 0.457. The molecule has 5 rings (SSSR count). The first-order chi connectivity index (χ1) is 16.3. The molecule has 0 saturated carbocycles. The molecular formula is C25H25N7O. The summed E-state index contributed by atoms with van der Waals surface area (Å²) in [5.74, 6) is 2.06. The highest BCUT2D eigenvalue weighted by molar-refractivity contribution is 5.94. The van der Waals surface area contributed by atoms with Crippen molar-refractivity contribution in [1.82, 2.24) is 25.0 Å². The average Bonchev–Trinajstić information content (AvgIpc) is 3.43. The predicted octanol–water partition coefficient (Wildman–Crippen LogP) is 3.51. The summed E-state index contributed by atoms with van der Waals surface area (Å²) in [6.07, 6.45) is 7.02. The van der Waals surface area contributed by atoms with Crippen molar-refractivity contribution < 1.29 is 4.79 Å². The van der Waals surface area contributed by atoms with Crippen LogP contribution in [0, 0.1) is 5.92 Å². The van der Waals surface area contributed by atoms with Crippen molar-refractivity contribution in [2.45, 2.75) is 19.4 Å². The van der Waals surface area contributed by atoms with Gasteiger partial charge in [0.1, 0.15) is 5.82 Å². The number of carbonyl (C=O) groups excluding carboxylic acids is 1. The van der Waals surface area contributed by atoms with Gasteiger partial charge < -0.3 is 4.90 Å². The molecule has 0 spiro atoms. The van der Waals surface area contributed by atoms with Crippen LogP contribution < -0.4 is 9.80 Å². The number of anilines is 2. The average molecular weight is 440 g/mol. The van der Waals surface area contributed by atoms with E-state index in [1.165, 1.54) is 0 Å². The topological polar surface area (TPSA) is 80.0 Å². The molecule has 1 fully saturated rings. The zero-order valence-electron chi connectivity index (χ0n) is 18.2. The maximum absolute atomic E-state index is 13.7. The number of benzene rings is 1. The van der Waals surface area contributed by atoms with Crippen LogP contribution in [0.15, 0.2) is 85.3 Å². The fourth-order valence-electron chi connectivity index (χ4n) is 4.17. The van der Waals surface area contributed by atoms with E-state index in [0.717, 1.165) is 30.8 Å². The fourth-order valence-corrected chi connectivity index (χ4v) is 4.17. The van der Waals surface area contributed by atoms with Crippen LogP contribution in [0.5, 0.6) is 0 Å². The Morgan fingerprint density at radius 2 is 1.76 bits per heavy atom. The number of rotatable bonds is 6. The Balaban J connectivity index is 1.34. The first-order valence-electron chi connectivity index (χ1n) is 11.1. The Hall–Kier alpha value is -4.07. The van der Waals surface area contributed by atoms with Gasteiger partial charge in [-0.2, -0.15) is 5.10 Å². The maximum Gasteiger partial charge on any atom is 0.233 e. The van der Waals surface area contributed by atoms with Crippen molar-refractivity contribution >= 4 is 17.5 Å². The Morgan fingerprint density at radius 3 is 2.48 bits per heavy atom. The highest BCUT2D eigenvalue weighted by Gasteiger charge is 2.31. The second-order valence-electron chi connectivity index (χ2n) is 8.08. The van der Waals surface area contributed by atoms with Crippen LogP contribution in [0.1, 0.15) is 18.4 Å². The van der Waals surface area contributed by atoms with Crippen LogP contribution in [0.3, 0.4) is 0 Å². The summed E-state index contributed by atoms with van der Waals surface area (Å²) in [6, 6.07) is 21.4. The minimum Gasteiger partial charge on any atom is -0.354 e. The number of hydrogen-bond acceptors (Lipinski definition) is 6. The lowest BCUT2D eigenvalue weighted by Crippen LogP contribution is -2.45. The van der Waals surface area contributed by atoms with Crippen LogP contribution in [0.4, 0.5) is 11.6 Å². The number of piperidine rings is 1. The SMILES string of the molecule is O=C(C1CCCN(c2ccc(-n3cccn3)nn2)C1)N(Cc1ccccc1)c1ccccn1. The second kappa shape index (κ2) is 9.60. The molecule has 1 saturated heterocycles. The van der Waals surface area contributed by atoms with Gasteiger partial charge in [-0.1, -0.05) is 36.4 Å². The van der Waals surface area contributed by atoms with Crippen molar-refractivity contribution in [3.05, 3.63) is 90.9 Å². The third kappa shape index (κ3) is 4.74. The van der Waals surface area contributed by atoms with Crippen molar-refractivity contribution in [3.8, 4) is 5.82 Å². The zero-order chi connectivity index (χ0) is 22.5. The minimum atomic E-state index is -0.142. The van der Waals surface area contributed by atoms with Crippen molar-refractivity contribution in [3.63, 3.8) is 0 Å². The lowest BCUT2D eigenvalue weighted by molar-refractivity contribution is -0.122. The largest absolute Gasteiger partial charge is 0.354 e. The Bertz CT molecular complexity index is 1160. The summed E-state index contributed by atoms with van der Waals surface area (Å²) in [5, 5.41) is 12.9. The van der Waals surface area contributed by atoms with Crippen molar-refractivity contribution in [1.29, 1.82) is 0 Å². The molecule has 1 unspecified atom stereocenters. The molecule has 1 aliphatic heterocycles. The van der Waals surface area contributed by atoms with Gasteiger partial charge in [0.2, 0.25) is 5.91 Å². The molecule has 0 bridgehead atoms. The first-order valence-corrected chi connectivity index (χ1v) is 11.1. The third-order valence-electron chi connectivity index (χ3n) is 5.85.